The summed E-state index contributed by atoms with van der Waals surface area (Å²) in [4.78, 5) is 0. The molecule has 0 spiro atoms. The minimum absolute atomic E-state index is 0.138. The van der Waals surface area contributed by atoms with E-state index >= 15 is 0 Å². The summed E-state index contributed by atoms with van der Waals surface area (Å²) in [6.07, 6.45) is 2.94. The van der Waals surface area contributed by atoms with Crippen LogP contribution in [0.4, 0.5) is 0 Å². The zero-order chi connectivity index (χ0) is 23.7. The minimum Gasteiger partial charge on any atom is -0.192 e. The number of hydrogen-bond acceptors (Lipinski definition) is 7. The molecule has 4 rings (SSSR count). The monoisotopic (exact) mass is 482 g/mol. The number of nitriles is 4. The second-order valence-corrected chi connectivity index (χ2v) is 11.1. The molecule has 0 unspecified atom stereocenters. The first-order chi connectivity index (χ1) is 15.9. The van der Waals surface area contributed by atoms with Gasteiger partial charge in [0, 0.05) is 15.2 Å². The Labute approximate surface area is 203 Å². The highest BCUT2D eigenvalue weighted by Crippen LogP contribution is 2.39. The first kappa shape index (κ1) is 22.8. The fraction of sp³-hybridized carbons (Fsp3) is 0.231. The lowest BCUT2D eigenvalue weighted by molar-refractivity contribution is 0.653. The van der Waals surface area contributed by atoms with Crippen LogP contribution in [0.2, 0.25) is 0 Å². The number of fused-ring (bicyclic) bond motifs is 3. The van der Waals surface area contributed by atoms with Crippen LogP contribution < -0.4 is 9.06 Å². The number of nitrogens with zero attached hydrogens (tertiary/aromatic N) is 4. The molecule has 4 nitrogen and oxygen atoms in total. The number of rotatable bonds is 4. The van der Waals surface area contributed by atoms with E-state index in [4.69, 9.17) is 0 Å². The molecule has 160 valence electrons. The summed E-state index contributed by atoms with van der Waals surface area (Å²) in [6.45, 7) is 4.37. The van der Waals surface area contributed by atoms with Crippen molar-refractivity contribution in [2.45, 2.75) is 26.0 Å². The molecular formula is C26H18N4S3. The quantitative estimate of drug-likeness (QED) is 0.370. The van der Waals surface area contributed by atoms with E-state index in [-0.39, 0.29) is 11.1 Å². The maximum absolute atomic E-state index is 9.38. The second kappa shape index (κ2) is 9.27. The van der Waals surface area contributed by atoms with Gasteiger partial charge in [-0.05, 0) is 75.5 Å². The van der Waals surface area contributed by atoms with Crippen molar-refractivity contribution in [2.75, 3.05) is 6.26 Å². The van der Waals surface area contributed by atoms with Crippen molar-refractivity contribution in [1.29, 1.82) is 21.0 Å². The van der Waals surface area contributed by atoms with Gasteiger partial charge in [-0.2, -0.15) is 32.8 Å². The van der Waals surface area contributed by atoms with Gasteiger partial charge in [0.2, 0.25) is 0 Å². The van der Waals surface area contributed by atoms with E-state index in [0.717, 1.165) is 43.1 Å². The van der Waals surface area contributed by atoms with Crippen LogP contribution in [0.5, 0.6) is 0 Å². The van der Waals surface area contributed by atoms with Crippen LogP contribution >= 0.6 is 34.4 Å². The molecule has 2 aromatic heterocycles. The van der Waals surface area contributed by atoms with E-state index in [0.29, 0.717) is 15.0 Å². The Bertz CT molecular complexity index is 1690. The van der Waals surface area contributed by atoms with Crippen molar-refractivity contribution >= 4 is 76.5 Å². The maximum atomic E-state index is 9.38. The summed E-state index contributed by atoms with van der Waals surface area (Å²) < 4.78 is 3.61. The van der Waals surface area contributed by atoms with Crippen LogP contribution in [0, 0.1) is 51.2 Å². The minimum atomic E-state index is 0.138. The predicted molar refractivity (Wildman–Crippen MR) is 139 cm³/mol. The Morgan fingerprint density at radius 2 is 1.24 bits per heavy atom. The van der Waals surface area contributed by atoms with Gasteiger partial charge in [-0.1, -0.05) is 13.8 Å². The molecule has 33 heavy (non-hydrogen) atoms. The van der Waals surface area contributed by atoms with E-state index in [1.165, 1.54) is 33.8 Å². The Morgan fingerprint density at radius 1 is 0.788 bits per heavy atom. The van der Waals surface area contributed by atoms with E-state index in [1.54, 1.807) is 11.8 Å². The van der Waals surface area contributed by atoms with Crippen LogP contribution in [-0.2, 0) is 12.2 Å². The highest BCUT2D eigenvalue weighted by molar-refractivity contribution is 7.97. The van der Waals surface area contributed by atoms with E-state index in [1.807, 2.05) is 36.4 Å². The second-order valence-electron chi connectivity index (χ2n) is 8.09. The van der Waals surface area contributed by atoms with Crippen molar-refractivity contribution in [1.82, 2.24) is 0 Å². The summed E-state index contributed by atoms with van der Waals surface area (Å²) in [5.74, 6) is 1.23. The molecule has 0 bridgehead atoms. The SMILES string of the molecule is CSCc1c2cc3cc(=C(C#N)C#N)sc3c(CC(C)C)c2cc2cc(=C(C#N)C#N)sc12. The average Bonchev–Trinajstić information content (AvgIpc) is 3.40. The summed E-state index contributed by atoms with van der Waals surface area (Å²) >= 11 is 4.74. The topological polar surface area (TPSA) is 95.2 Å². The third-order valence-corrected chi connectivity index (χ3v) is 8.48. The van der Waals surface area contributed by atoms with Crippen molar-refractivity contribution in [3.8, 4) is 24.3 Å². The molecule has 0 aliphatic heterocycles. The first-order valence-corrected chi connectivity index (χ1v) is 13.3. The molecule has 0 N–H and O–H groups in total. The van der Waals surface area contributed by atoms with E-state index in [2.05, 4.69) is 32.2 Å². The van der Waals surface area contributed by atoms with Crippen LogP contribution in [0.15, 0.2) is 24.3 Å². The third-order valence-electron chi connectivity index (χ3n) is 5.45. The Balaban J connectivity index is 2.25. The van der Waals surface area contributed by atoms with Gasteiger partial charge in [0.05, 0.1) is 9.06 Å². The van der Waals surface area contributed by atoms with Crippen LogP contribution in [-0.4, -0.2) is 6.26 Å². The van der Waals surface area contributed by atoms with Gasteiger partial charge in [0.15, 0.2) is 0 Å². The zero-order valence-electron chi connectivity index (χ0n) is 18.3. The number of benzene rings is 2. The lowest BCUT2D eigenvalue weighted by atomic mass is 9.92. The van der Waals surface area contributed by atoms with Crippen LogP contribution in [0.3, 0.4) is 0 Å². The fourth-order valence-electron chi connectivity index (χ4n) is 4.12. The van der Waals surface area contributed by atoms with Gasteiger partial charge < -0.3 is 0 Å². The van der Waals surface area contributed by atoms with Crippen molar-refractivity contribution < 1.29 is 0 Å². The Hall–Kier alpha value is -3.33. The molecule has 7 heteroatoms. The highest BCUT2D eigenvalue weighted by atomic mass is 32.2. The largest absolute Gasteiger partial charge is 0.192 e. The lowest BCUT2D eigenvalue weighted by Crippen LogP contribution is -1.97. The maximum Gasteiger partial charge on any atom is 0.146 e. The molecule has 2 aromatic carbocycles. The molecule has 0 fully saturated rings. The molecule has 0 radical (unpaired) electrons. The average molecular weight is 483 g/mol. The molecule has 0 saturated carbocycles. The predicted octanol–water partition coefficient (Wildman–Crippen LogP) is 5.73. The molecule has 2 heterocycles. The van der Waals surface area contributed by atoms with Crippen LogP contribution in [0.25, 0.3) is 42.1 Å². The normalized spacial score (nSPS) is 10.8. The highest BCUT2D eigenvalue weighted by Gasteiger charge is 2.18. The molecule has 0 aliphatic rings. The zero-order valence-corrected chi connectivity index (χ0v) is 20.8. The molecule has 4 aromatic rings. The van der Waals surface area contributed by atoms with Gasteiger partial charge in [-0.15, -0.1) is 22.7 Å². The first-order valence-electron chi connectivity index (χ1n) is 10.2. The standard InChI is InChI=1S/C26H18N4S3/c1-14(2)4-21-19-5-16-8-24(18(11-29)12-30)33-26(16)22(13-31-3)20(19)6-15-7-23(32-25(15)21)17(9-27)10-28/h5-8,14H,4,13H2,1-3H3. The summed E-state index contributed by atoms with van der Waals surface area (Å²) in [5, 5.41) is 41.9. The van der Waals surface area contributed by atoms with Crippen molar-refractivity contribution in [3.05, 3.63) is 44.5 Å². The molecule has 0 aliphatic carbocycles. The van der Waals surface area contributed by atoms with Gasteiger partial charge in [0.25, 0.3) is 0 Å². The third kappa shape index (κ3) is 3.97. The smallest absolute Gasteiger partial charge is 0.146 e. The summed E-state index contributed by atoms with van der Waals surface area (Å²) in [7, 11) is 0. The summed E-state index contributed by atoms with van der Waals surface area (Å²) in [5.41, 5.74) is 2.71. The number of thioether (sulfide) groups is 1. The number of hydrogen-bond donors (Lipinski definition) is 0. The van der Waals surface area contributed by atoms with Gasteiger partial charge in [-0.3, -0.25) is 0 Å². The van der Waals surface area contributed by atoms with Gasteiger partial charge in [0.1, 0.15) is 35.4 Å². The summed E-state index contributed by atoms with van der Waals surface area (Å²) in [6, 6.07) is 16.3. The Kier molecular flexibility index (Phi) is 6.42. The Morgan fingerprint density at radius 3 is 1.67 bits per heavy atom. The van der Waals surface area contributed by atoms with Crippen LogP contribution in [0.1, 0.15) is 25.0 Å². The van der Waals surface area contributed by atoms with Crippen molar-refractivity contribution in [2.24, 2.45) is 5.92 Å². The number of thiophene rings is 2. The van der Waals surface area contributed by atoms with Gasteiger partial charge in [-0.25, -0.2) is 0 Å². The van der Waals surface area contributed by atoms with Gasteiger partial charge >= 0.3 is 0 Å². The van der Waals surface area contributed by atoms with E-state index in [9.17, 15) is 21.0 Å². The molecule has 0 saturated heterocycles. The molecular weight excluding hydrogens is 465 g/mol. The fourth-order valence-corrected chi connectivity index (χ4v) is 7.09. The van der Waals surface area contributed by atoms with E-state index < -0.39 is 0 Å². The molecule has 0 atom stereocenters. The van der Waals surface area contributed by atoms with Crippen molar-refractivity contribution in [3.63, 3.8) is 0 Å². The molecule has 0 amide bonds. The lowest BCUT2D eigenvalue weighted by Gasteiger charge is -2.15.